The molecule has 21 N–H and O–H groups in total. The predicted molar refractivity (Wildman–Crippen MR) is 276 cm³/mol. The number of carbonyl (C=O) groups excluding carboxylic acids is 9. The van der Waals surface area contributed by atoms with E-state index in [-0.39, 0.29) is 109 Å². The van der Waals surface area contributed by atoms with Gasteiger partial charge in [0.25, 0.3) is 0 Å². The molecule has 1 aliphatic rings. The number of amides is 9. The molecule has 0 spiro atoms. The minimum Gasteiger partial charge on any atom is -0.370 e. The highest BCUT2D eigenvalue weighted by Gasteiger charge is 2.34. The number of hydrogen-bond acceptors (Lipinski definition) is 12. The molecular formula is C48H71N17O9. The van der Waals surface area contributed by atoms with Gasteiger partial charge in [0.1, 0.15) is 42.3 Å². The van der Waals surface area contributed by atoms with Gasteiger partial charge in [0.15, 0.2) is 11.9 Å². The SMILES string of the molecule is CC(=O)NC(CCCN=C(N)N)C(=O)NC1CCCC(=O)NCCC(C(N)=O)NC(=O)C(Cc2c[nH]c3ccccc23)NC(=O)C(CCCN=C(N)N)NC(=O)C(Cc2ccccc2)NC(=O)C(CCN)NC1=O. The summed E-state index contributed by atoms with van der Waals surface area (Å²) in [5.41, 5.74) is 35.7. The van der Waals surface area contributed by atoms with Crippen LogP contribution in [0.4, 0.5) is 0 Å². The Bertz CT molecular complexity index is 2480. The van der Waals surface area contributed by atoms with Crippen molar-refractivity contribution in [2.24, 2.45) is 44.4 Å². The highest BCUT2D eigenvalue weighted by atomic mass is 16.2. The quantitative estimate of drug-likeness (QED) is 0.0328. The van der Waals surface area contributed by atoms with Gasteiger partial charge in [-0.25, -0.2) is 0 Å². The summed E-state index contributed by atoms with van der Waals surface area (Å²) in [6.07, 6.45) is 1.29. The van der Waals surface area contributed by atoms with Crippen LogP contribution in [0, 0.1) is 0 Å². The Morgan fingerprint density at radius 3 is 1.92 bits per heavy atom. The molecule has 9 amide bonds. The fourth-order valence-electron chi connectivity index (χ4n) is 8.11. The average molecular weight is 1030 g/mol. The van der Waals surface area contributed by atoms with E-state index in [4.69, 9.17) is 34.4 Å². The van der Waals surface area contributed by atoms with Gasteiger partial charge in [0, 0.05) is 62.9 Å². The van der Waals surface area contributed by atoms with E-state index in [0.717, 1.165) is 10.9 Å². The van der Waals surface area contributed by atoms with Crippen molar-refractivity contribution in [1.82, 2.24) is 47.5 Å². The van der Waals surface area contributed by atoms with E-state index in [2.05, 4.69) is 57.5 Å². The van der Waals surface area contributed by atoms with Crippen LogP contribution in [0.2, 0.25) is 0 Å². The summed E-state index contributed by atoms with van der Waals surface area (Å²) >= 11 is 0. The van der Waals surface area contributed by atoms with Gasteiger partial charge in [-0.15, -0.1) is 0 Å². The van der Waals surface area contributed by atoms with E-state index in [1.54, 1.807) is 42.6 Å². The molecule has 3 aromatic rings. The Balaban J connectivity index is 1.75. The normalized spacial score (nSPS) is 21.2. The van der Waals surface area contributed by atoms with Crippen molar-refractivity contribution < 1.29 is 43.2 Å². The van der Waals surface area contributed by atoms with E-state index in [0.29, 0.717) is 11.1 Å². The number of carbonyl (C=O) groups is 9. The Morgan fingerprint density at radius 1 is 0.689 bits per heavy atom. The molecule has 0 radical (unpaired) electrons. The molecule has 2 heterocycles. The lowest BCUT2D eigenvalue weighted by Gasteiger charge is -2.28. The molecule has 0 saturated carbocycles. The summed E-state index contributed by atoms with van der Waals surface area (Å²) in [4.78, 5) is 135. The topological polar surface area (TPSA) is 446 Å². The van der Waals surface area contributed by atoms with Crippen molar-refractivity contribution in [3.63, 3.8) is 0 Å². The number of benzene rings is 2. The van der Waals surface area contributed by atoms with Crippen molar-refractivity contribution in [2.75, 3.05) is 26.2 Å². The number of nitrogens with zero attached hydrogens (tertiary/aromatic N) is 2. The first-order valence-electron chi connectivity index (χ1n) is 24.4. The second-order valence-electron chi connectivity index (χ2n) is 17.8. The molecule has 26 nitrogen and oxygen atoms in total. The first-order chi connectivity index (χ1) is 35.3. The standard InChI is InChI=1S/C48H71N17O9/c1-27(66)59-33(15-8-21-56-47(51)52)41(69)61-34-14-7-17-39(67)55-23-19-32(40(50)68)60-46(74)38(25-29-26-58-31-13-6-5-12-30(29)31)65-43(71)35(16-9-22-57-48(53)54)62-45(73)37(24-28-10-3-2-4-11-28)64-44(72)36(18-20-49)63-42(34)70/h2-6,10-13,26,32-38,58H,7-9,14-25,49H2,1H3,(H2,50,68)(H,55,67)(H,59,66)(H,60,74)(H,61,69)(H,62,73)(H,63,70)(H,64,72)(H,65,71)(H4,51,52,56)(H4,53,54,57). The zero-order valence-corrected chi connectivity index (χ0v) is 41.5. The molecule has 7 atom stereocenters. The zero-order valence-electron chi connectivity index (χ0n) is 41.5. The number of H-pyrrole nitrogens is 1. The Morgan fingerprint density at radius 2 is 1.27 bits per heavy atom. The maximum absolute atomic E-state index is 14.6. The van der Waals surface area contributed by atoms with Gasteiger partial charge in [-0.05, 0) is 75.1 Å². The summed E-state index contributed by atoms with van der Waals surface area (Å²) in [5.74, 6) is -7.26. The van der Waals surface area contributed by atoms with Crippen molar-refractivity contribution in [3.8, 4) is 0 Å². The summed E-state index contributed by atoms with van der Waals surface area (Å²) in [7, 11) is 0. The van der Waals surface area contributed by atoms with Crippen LogP contribution in [0.15, 0.2) is 70.8 Å². The highest BCUT2D eigenvalue weighted by molar-refractivity contribution is 5.98. The van der Waals surface area contributed by atoms with Crippen LogP contribution < -0.4 is 76.9 Å². The number of aromatic nitrogens is 1. The van der Waals surface area contributed by atoms with Gasteiger partial charge in [0.05, 0.1) is 0 Å². The van der Waals surface area contributed by atoms with Crippen molar-refractivity contribution >= 4 is 76.0 Å². The molecule has 2 aromatic carbocycles. The van der Waals surface area contributed by atoms with Gasteiger partial charge in [-0.2, -0.15) is 0 Å². The van der Waals surface area contributed by atoms with E-state index in [1.165, 1.54) is 6.92 Å². The minimum atomic E-state index is -1.38. The van der Waals surface area contributed by atoms with Crippen LogP contribution in [-0.2, 0) is 56.0 Å². The highest BCUT2D eigenvalue weighted by Crippen LogP contribution is 2.20. The average Bonchev–Trinajstić information content (AvgIpc) is 3.76. The number of hydrogen-bond donors (Lipinski definition) is 15. The number of para-hydroxylation sites is 1. The number of nitrogens with one attached hydrogen (secondary N) is 9. The summed E-state index contributed by atoms with van der Waals surface area (Å²) in [6.45, 7) is 1.14. The molecule has 26 heteroatoms. The molecule has 7 unspecified atom stereocenters. The molecule has 1 aromatic heterocycles. The summed E-state index contributed by atoms with van der Waals surface area (Å²) in [6, 6.07) is 6.58. The molecule has 1 fully saturated rings. The van der Waals surface area contributed by atoms with E-state index in [1.807, 2.05) is 18.2 Å². The number of aliphatic imine (C=N–C) groups is 2. The zero-order chi connectivity index (χ0) is 54.2. The maximum atomic E-state index is 14.6. The molecule has 4 rings (SSSR count). The van der Waals surface area contributed by atoms with Crippen LogP contribution in [0.3, 0.4) is 0 Å². The first kappa shape index (κ1) is 58.3. The Hall–Kier alpha value is -8.29. The van der Waals surface area contributed by atoms with Crippen molar-refractivity contribution in [2.45, 2.75) is 120 Å². The number of rotatable bonds is 18. The second-order valence-corrected chi connectivity index (χ2v) is 17.8. The minimum absolute atomic E-state index is 0.00485. The Labute approximate surface area is 427 Å². The van der Waals surface area contributed by atoms with Gasteiger partial charge in [0.2, 0.25) is 53.2 Å². The molecule has 0 aliphatic carbocycles. The summed E-state index contributed by atoms with van der Waals surface area (Å²) in [5, 5.41) is 22.1. The van der Waals surface area contributed by atoms with Gasteiger partial charge in [-0.3, -0.25) is 53.1 Å². The molecule has 1 saturated heterocycles. The van der Waals surface area contributed by atoms with Crippen LogP contribution in [0.25, 0.3) is 10.9 Å². The molecule has 1 aliphatic heterocycles. The number of nitrogens with two attached hydrogens (primary N) is 6. The molecule has 0 bridgehead atoms. The van der Waals surface area contributed by atoms with Crippen LogP contribution in [0.5, 0.6) is 0 Å². The van der Waals surface area contributed by atoms with E-state index in [9.17, 15) is 43.2 Å². The van der Waals surface area contributed by atoms with Crippen LogP contribution in [-0.4, -0.2) is 139 Å². The number of fused-ring (bicyclic) bond motifs is 1. The maximum Gasteiger partial charge on any atom is 0.243 e. The summed E-state index contributed by atoms with van der Waals surface area (Å²) < 4.78 is 0. The first-order valence-corrected chi connectivity index (χ1v) is 24.4. The fraction of sp³-hybridized carbons (Fsp3) is 0.479. The largest absolute Gasteiger partial charge is 0.370 e. The number of guanidine groups is 2. The second kappa shape index (κ2) is 29.9. The van der Waals surface area contributed by atoms with Crippen LogP contribution >= 0.6 is 0 Å². The van der Waals surface area contributed by atoms with Crippen LogP contribution in [0.1, 0.15) is 75.8 Å². The molecule has 402 valence electrons. The lowest BCUT2D eigenvalue weighted by Crippen LogP contribution is -2.60. The molecular weight excluding hydrogens is 959 g/mol. The van der Waals surface area contributed by atoms with Gasteiger partial charge >= 0.3 is 0 Å². The smallest absolute Gasteiger partial charge is 0.243 e. The van der Waals surface area contributed by atoms with E-state index < -0.39 is 95.5 Å². The Kier molecular flexibility index (Phi) is 23.6. The van der Waals surface area contributed by atoms with Crippen molar-refractivity contribution in [1.29, 1.82) is 0 Å². The lowest BCUT2D eigenvalue weighted by atomic mass is 10.0. The fourth-order valence-corrected chi connectivity index (χ4v) is 8.11. The van der Waals surface area contributed by atoms with Gasteiger partial charge in [-0.1, -0.05) is 48.5 Å². The van der Waals surface area contributed by atoms with Gasteiger partial charge < -0.3 is 81.9 Å². The number of aromatic amines is 1. The third kappa shape index (κ3) is 19.7. The monoisotopic (exact) mass is 1030 g/mol. The number of primary amides is 1. The third-order valence-electron chi connectivity index (χ3n) is 11.9. The van der Waals surface area contributed by atoms with Crippen molar-refractivity contribution in [3.05, 3.63) is 71.9 Å². The third-order valence-corrected chi connectivity index (χ3v) is 11.9. The van der Waals surface area contributed by atoms with E-state index >= 15 is 0 Å². The predicted octanol–water partition coefficient (Wildman–Crippen LogP) is -4.00. The lowest BCUT2D eigenvalue weighted by molar-refractivity contribution is -0.135. The molecule has 74 heavy (non-hydrogen) atoms.